The quantitative estimate of drug-likeness (QED) is 0.743. The minimum Gasteiger partial charge on any atom is -0.314 e. The number of hydrogen-bond acceptors (Lipinski definition) is 3. The molecule has 1 unspecified atom stereocenters. The molecule has 5 nitrogen and oxygen atoms in total. The SMILES string of the molecule is CCCC(C)N(C)S(=O)(=O)N1CCC(CNC2CC2)CC1. The van der Waals surface area contributed by atoms with Crippen molar-refractivity contribution in [1.29, 1.82) is 0 Å². The standard InChI is InChI=1S/C15H31N3O2S/c1-4-5-13(2)17(3)21(19,20)18-10-8-14(9-11-18)12-16-15-6-7-15/h13-16H,4-12H2,1-3H3. The molecule has 2 aliphatic rings. The smallest absolute Gasteiger partial charge is 0.281 e. The van der Waals surface area contributed by atoms with Gasteiger partial charge in [0.05, 0.1) is 0 Å². The zero-order valence-electron chi connectivity index (χ0n) is 13.7. The van der Waals surface area contributed by atoms with Crippen LogP contribution in [0.5, 0.6) is 0 Å². The summed E-state index contributed by atoms with van der Waals surface area (Å²) in [6, 6.07) is 0.821. The van der Waals surface area contributed by atoms with Crippen LogP contribution in [0.3, 0.4) is 0 Å². The Morgan fingerprint density at radius 1 is 1.24 bits per heavy atom. The lowest BCUT2D eigenvalue weighted by atomic mass is 9.98. The summed E-state index contributed by atoms with van der Waals surface area (Å²) in [4.78, 5) is 0. The highest BCUT2D eigenvalue weighted by molar-refractivity contribution is 7.86. The molecule has 2 fully saturated rings. The molecule has 1 saturated heterocycles. The first-order chi connectivity index (χ1) is 9.95. The van der Waals surface area contributed by atoms with Crippen LogP contribution in [0, 0.1) is 5.92 Å². The fourth-order valence-corrected chi connectivity index (χ4v) is 4.57. The van der Waals surface area contributed by atoms with E-state index in [1.807, 2.05) is 6.92 Å². The second-order valence-corrected chi connectivity index (χ2v) is 8.67. The summed E-state index contributed by atoms with van der Waals surface area (Å²) in [6.45, 7) is 6.48. The van der Waals surface area contributed by atoms with E-state index in [0.29, 0.717) is 19.0 Å². The molecule has 0 aromatic carbocycles. The van der Waals surface area contributed by atoms with Crippen molar-refractivity contribution in [1.82, 2.24) is 13.9 Å². The number of nitrogens with zero attached hydrogens (tertiary/aromatic N) is 2. The molecule has 0 amide bonds. The Morgan fingerprint density at radius 3 is 2.38 bits per heavy atom. The van der Waals surface area contributed by atoms with E-state index >= 15 is 0 Å². The first kappa shape index (κ1) is 17.2. The molecule has 0 spiro atoms. The van der Waals surface area contributed by atoms with Crippen molar-refractivity contribution in [2.24, 2.45) is 5.92 Å². The van der Waals surface area contributed by atoms with Crippen molar-refractivity contribution in [3.05, 3.63) is 0 Å². The van der Waals surface area contributed by atoms with Crippen LogP contribution in [-0.2, 0) is 10.2 Å². The number of nitrogens with one attached hydrogen (secondary N) is 1. The Balaban J connectivity index is 1.81. The molecule has 0 aromatic heterocycles. The van der Waals surface area contributed by atoms with Gasteiger partial charge in [-0.05, 0) is 51.5 Å². The molecule has 6 heteroatoms. The lowest BCUT2D eigenvalue weighted by Crippen LogP contribution is -2.49. The Labute approximate surface area is 130 Å². The molecule has 1 heterocycles. The largest absolute Gasteiger partial charge is 0.314 e. The Kier molecular flexibility index (Phi) is 6.05. The molecular weight excluding hydrogens is 286 g/mol. The minimum atomic E-state index is -3.28. The average Bonchev–Trinajstić information content (AvgIpc) is 3.29. The van der Waals surface area contributed by atoms with Crippen molar-refractivity contribution in [3.63, 3.8) is 0 Å². The van der Waals surface area contributed by atoms with E-state index in [0.717, 1.165) is 38.3 Å². The van der Waals surface area contributed by atoms with Gasteiger partial charge in [-0.15, -0.1) is 0 Å². The minimum absolute atomic E-state index is 0.0780. The molecule has 0 bridgehead atoms. The van der Waals surface area contributed by atoms with Gasteiger partial charge in [0.1, 0.15) is 0 Å². The average molecular weight is 317 g/mol. The predicted molar refractivity (Wildman–Crippen MR) is 86.4 cm³/mol. The van der Waals surface area contributed by atoms with Crippen LogP contribution in [-0.4, -0.2) is 55.8 Å². The lowest BCUT2D eigenvalue weighted by Gasteiger charge is -2.35. The van der Waals surface area contributed by atoms with E-state index in [9.17, 15) is 8.42 Å². The van der Waals surface area contributed by atoms with E-state index in [4.69, 9.17) is 0 Å². The summed E-state index contributed by atoms with van der Waals surface area (Å²) >= 11 is 0. The summed E-state index contributed by atoms with van der Waals surface area (Å²) in [6.07, 6.45) is 6.51. The van der Waals surface area contributed by atoms with Crippen LogP contribution in [0.2, 0.25) is 0 Å². The maximum absolute atomic E-state index is 12.6. The first-order valence-corrected chi connectivity index (χ1v) is 9.81. The van der Waals surface area contributed by atoms with Crippen molar-refractivity contribution in [3.8, 4) is 0 Å². The molecule has 1 saturated carbocycles. The summed E-state index contributed by atoms with van der Waals surface area (Å²) in [5, 5.41) is 3.56. The highest BCUT2D eigenvalue weighted by atomic mass is 32.2. The van der Waals surface area contributed by atoms with Crippen molar-refractivity contribution < 1.29 is 8.42 Å². The predicted octanol–water partition coefficient (Wildman–Crippen LogP) is 1.82. The third-order valence-corrected chi connectivity index (χ3v) is 6.97. The van der Waals surface area contributed by atoms with E-state index < -0.39 is 10.2 Å². The van der Waals surface area contributed by atoms with Gasteiger partial charge in [-0.3, -0.25) is 0 Å². The van der Waals surface area contributed by atoms with Gasteiger partial charge in [0.15, 0.2) is 0 Å². The molecular formula is C15H31N3O2S. The third kappa shape index (κ3) is 4.65. The molecule has 2 rings (SSSR count). The van der Waals surface area contributed by atoms with Crippen LogP contribution in [0.25, 0.3) is 0 Å². The molecule has 1 atom stereocenters. The maximum atomic E-state index is 12.6. The topological polar surface area (TPSA) is 52.7 Å². The molecule has 1 aliphatic carbocycles. The van der Waals surface area contributed by atoms with Crippen molar-refractivity contribution in [2.75, 3.05) is 26.7 Å². The number of hydrogen-bond donors (Lipinski definition) is 1. The Morgan fingerprint density at radius 2 is 1.86 bits per heavy atom. The van der Waals surface area contributed by atoms with Crippen LogP contribution >= 0.6 is 0 Å². The molecule has 1 N–H and O–H groups in total. The van der Waals surface area contributed by atoms with Gasteiger partial charge in [-0.1, -0.05) is 13.3 Å². The van der Waals surface area contributed by atoms with E-state index in [2.05, 4.69) is 12.2 Å². The van der Waals surface area contributed by atoms with Crippen molar-refractivity contribution in [2.45, 2.75) is 64.5 Å². The fourth-order valence-electron chi connectivity index (χ4n) is 2.97. The maximum Gasteiger partial charge on any atom is 0.281 e. The second kappa shape index (κ2) is 7.40. The molecule has 0 aromatic rings. The van der Waals surface area contributed by atoms with Crippen LogP contribution in [0.1, 0.15) is 52.4 Å². The molecule has 21 heavy (non-hydrogen) atoms. The first-order valence-electron chi connectivity index (χ1n) is 8.41. The van der Waals surface area contributed by atoms with E-state index in [-0.39, 0.29) is 6.04 Å². The Hall–Kier alpha value is -0.170. The van der Waals surface area contributed by atoms with Crippen LogP contribution < -0.4 is 5.32 Å². The van der Waals surface area contributed by atoms with Gasteiger partial charge in [0.2, 0.25) is 0 Å². The molecule has 0 radical (unpaired) electrons. The van der Waals surface area contributed by atoms with Gasteiger partial charge in [0, 0.05) is 32.2 Å². The number of rotatable bonds is 8. The Bertz CT molecular complexity index is 415. The lowest BCUT2D eigenvalue weighted by molar-refractivity contribution is 0.244. The molecule has 124 valence electrons. The highest BCUT2D eigenvalue weighted by Gasteiger charge is 2.33. The third-order valence-electron chi connectivity index (χ3n) is 4.86. The van der Waals surface area contributed by atoms with Gasteiger partial charge >= 0.3 is 0 Å². The summed E-state index contributed by atoms with van der Waals surface area (Å²) in [5.41, 5.74) is 0. The van der Waals surface area contributed by atoms with Gasteiger partial charge in [0.25, 0.3) is 10.2 Å². The van der Waals surface area contributed by atoms with Crippen LogP contribution in [0.15, 0.2) is 0 Å². The summed E-state index contributed by atoms with van der Waals surface area (Å²) in [5.74, 6) is 0.635. The fraction of sp³-hybridized carbons (Fsp3) is 1.00. The summed E-state index contributed by atoms with van der Waals surface area (Å²) < 4.78 is 28.5. The van der Waals surface area contributed by atoms with Crippen LogP contribution in [0.4, 0.5) is 0 Å². The van der Waals surface area contributed by atoms with E-state index in [1.165, 1.54) is 12.8 Å². The van der Waals surface area contributed by atoms with E-state index in [1.54, 1.807) is 15.7 Å². The number of piperidine rings is 1. The monoisotopic (exact) mass is 317 g/mol. The summed E-state index contributed by atoms with van der Waals surface area (Å²) in [7, 11) is -1.56. The molecule has 1 aliphatic heterocycles. The van der Waals surface area contributed by atoms with Crippen molar-refractivity contribution >= 4 is 10.2 Å². The highest BCUT2D eigenvalue weighted by Crippen LogP contribution is 2.24. The zero-order chi connectivity index (χ0) is 15.5. The zero-order valence-corrected chi connectivity index (χ0v) is 14.5. The van der Waals surface area contributed by atoms with Gasteiger partial charge in [-0.2, -0.15) is 17.0 Å². The second-order valence-electron chi connectivity index (χ2n) is 6.69. The normalized spacial score (nSPS) is 23.6. The van der Waals surface area contributed by atoms with Gasteiger partial charge < -0.3 is 5.32 Å². The van der Waals surface area contributed by atoms with Gasteiger partial charge in [-0.25, -0.2) is 0 Å².